The molecule has 0 unspecified atom stereocenters. The van der Waals surface area contributed by atoms with Crippen LogP contribution in [-0.4, -0.2) is 25.8 Å². The normalized spacial score (nSPS) is 11.3. The summed E-state index contributed by atoms with van der Waals surface area (Å²) >= 11 is 0. The molecule has 0 fully saturated rings. The minimum Gasteiger partial charge on any atom is -0.383 e. The second-order valence-corrected chi connectivity index (χ2v) is 6.68. The molecule has 0 atom stereocenters. The van der Waals surface area contributed by atoms with E-state index in [1.807, 2.05) is 13.8 Å². The summed E-state index contributed by atoms with van der Waals surface area (Å²) in [7, 11) is 0. The van der Waals surface area contributed by atoms with E-state index in [1.165, 1.54) is 28.9 Å². The SMILES string of the molecule is CC(C)Nc1nc(-c2cccc(F)c2)c2c(N)n(-c3cccc(F)c3)nc2n1. The summed E-state index contributed by atoms with van der Waals surface area (Å²) in [5.41, 5.74) is 8.12. The van der Waals surface area contributed by atoms with Gasteiger partial charge in [-0.3, -0.25) is 0 Å². The Labute approximate surface area is 160 Å². The molecule has 0 aliphatic rings. The maximum absolute atomic E-state index is 13.8. The smallest absolute Gasteiger partial charge is 0.225 e. The second kappa shape index (κ2) is 6.88. The Balaban J connectivity index is 2.00. The lowest BCUT2D eigenvalue weighted by atomic mass is 10.1. The molecule has 4 rings (SSSR count). The van der Waals surface area contributed by atoms with E-state index in [9.17, 15) is 8.78 Å². The average molecular weight is 380 g/mol. The van der Waals surface area contributed by atoms with Crippen LogP contribution in [0.1, 0.15) is 13.8 Å². The molecule has 0 bridgehead atoms. The highest BCUT2D eigenvalue weighted by molar-refractivity contribution is 5.99. The van der Waals surface area contributed by atoms with Gasteiger partial charge in [0.15, 0.2) is 5.65 Å². The van der Waals surface area contributed by atoms with Crippen molar-refractivity contribution in [2.24, 2.45) is 0 Å². The minimum atomic E-state index is -0.407. The third-order valence-corrected chi connectivity index (χ3v) is 4.14. The maximum Gasteiger partial charge on any atom is 0.225 e. The maximum atomic E-state index is 13.8. The number of halogens is 2. The van der Waals surface area contributed by atoms with Gasteiger partial charge in [0.2, 0.25) is 5.95 Å². The third kappa shape index (κ3) is 3.24. The summed E-state index contributed by atoms with van der Waals surface area (Å²) in [5.74, 6) is -0.199. The number of hydrogen-bond donors (Lipinski definition) is 2. The lowest BCUT2D eigenvalue weighted by Crippen LogP contribution is -2.13. The summed E-state index contributed by atoms with van der Waals surface area (Å²) in [6.07, 6.45) is 0. The van der Waals surface area contributed by atoms with Crippen LogP contribution < -0.4 is 11.1 Å². The van der Waals surface area contributed by atoms with Crippen LogP contribution in [0.3, 0.4) is 0 Å². The molecule has 142 valence electrons. The van der Waals surface area contributed by atoms with E-state index in [-0.39, 0.29) is 11.9 Å². The Bertz CT molecular complexity index is 1170. The first-order valence-corrected chi connectivity index (χ1v) is 8.77. The summed E-state index contributed by atoms with van der Waals surface area (Å²) < 4.78 is 28.9. The predicted molar refractivity (Wildman–Crippen MR) is 105 cm³/mol. The summed E-state index contributed by atoms with van der Waals surface area (Å²) in [6.45, 7) is 3.91. The van der Waals surface area contributed by atoms with Crippen molar-refractivity contribution in [1.82, 2.24) is 19.7 Å². The van der Waals surface area contributed by atoms with Gasteiger partial charge in [-0.1, -0.05) is 18.2 Å². The van der Waals surface area contributed by atoms with Crippen molar-refractivity contribution < 1.29 is 8.78 Å². The highest BCUT2D eigenvalue weighted by Crippen LogP contribution is 2.33. The standard InChI is InChI=1S/C20H18F2N6/c1-11(2)24-20-25-17(12-5-3-6-13(21)9-12)16-18(23)28(27-19(16)26-20)15-8-4-7-14(22)10-15/h3-11H,23H2,1-2H3,(H,24,26,27). The van der Waals surface area contributed by atoms with E-state index in [1.54, 1.807) is 24.3 Å². The fourth-order valence-electron chi connectivity index (χ4n) is 2.98. The van der Waals surface area contributed by atoms with E-state index >= 15 is 0 Å². The molecule has 0 amide bonds. The molecule has 28 heavy (non-hydrogen) atoms. The quantitative estimate of drug-likeness (QED) is 0.555. The van der Waals surface area contributed by atoms with Crippen LogP contribution in [-0.2, 0) is 0 Å². The summed E-state index contributed by atoms with van der Waals surface area (Å²) in [4.78, 5) is 8.97. The lowest BCUT2D eigenvalue weighted by Gasteiger charge is -2.10. The van der Waals surface area contributed by atoms with Crippen LogP contribution >= 0.6 is 0 Å². The van der Waals surface area contributed by atoms with Crippen LogP contribution in [0, 0.1) is 11.6 Å². The van der Waals surface area contributed by atoms with E-state index in [2.05, 4.69) is 20.4 Å². The summed E-state index contributed by atoms with van der Waals surface area (Å²) in [6, 6.07) is 12.1. The van der Waals surface area contributed by atoms with E-state index in [4.69, 9.17) is 5.73 Å². The molecule has 0 radical (unpaired) electrons. The van der Waals surface area contributed by atoms with E-state index in [0.717, 1.165) is 0 Å². The van der Waals surface area contributed by atoms with Gasteiger partial charge in [-0.15, -0.1) is 5.10 Å². The van der Waals surface area contributed by atoms with Crippen molar-refractivity contribution in [3.63, 3.8) is 0 Å². The Morgan fingerprint density at radius 2 is 1.71 bits per heavy atom. The molecular formula is C20H18F2N6. The van der Waals surface area contributed by atoms with E-state index < -0.39 is 11.6 Å². The molecule has 0 saturated carbocycles. The molecule has 0 aliphatic heterocycles. The van der Waals surface area contributed by atoms with Gasteiger partial charge in [-0.2, -0.15) is 4.98 Å². The van der Waals surface area contributed by atoms with Gasteiger partial charge in [-0.05, 0) is 44.2 Å². The number of benzene rings is 2. The van der Waals surface area contributed by atoms with Gasteiger partial charge >= 0.3 is 0 Å². The lowest BCUT2D eigenvalue weighted by molar-refractivity contribution is 0.625. The molecule has 2 aromatic heterocycles. The minimum absolute atomic E-state index is 0.0838. The molecule has 8 heteroatoms. The second-order valence-electron chi connectivity index (χ2n) is 6.68. The number of nitrogens with two attached hydrogens (primary N) is 1. The number of aromatic nitrogens is 4. The Hall–Kier alpha value is -3.55. The topological polar surface area (TPSA) is 81.6 Å². The molecular weight excluding hydrogens is 362 g/mol. The Morgan fingerprint density at radius 1 is 1.00 bits per heavy atom. The number of fused-ring (bicyclic) bond motifs is 1. The molecule has 0 aliphatic carbocycles. The zero-order valence-corrected chi connectivity index (χ0v) is 15.3. The number of anilines is 2. The molecule has 4 aromatic rings. The largest absolute Gasteiger partial charge is 0.383 e. The molecule has 2 heterocycles. The first-order chi connectivity index (χ1) is 13.4. The highest BCUT2D eigenvalue weighted by atomic mass is 19.1. The van der Waals surface area contributed by atoms with Crippen molar-refractivity contribution in [2.75, 3.05) is 11.1 Å². The van der Waals surface area contributed by atoms with Gasteiger partial charge in [-0.25, -0.2) is 18.4 Å². The highest BCUT2D eigenvalue weighted by Gasteiger charge is 2.20. The Kier molecular flexibility index (Phi) is 4.38. The number of rotatable bonds is 4. The number of nitrogens with zero attached hydrogens (tertiary/aromatic N) is 4. The average Bonchev–Trinajstić information content (AvgIpc) is 2.97. The van der Waals surface area contributed by atoms with Crippen LogP contribution in [0.15, 0.2) is 48.5 Å². The zero-order valence-electron chi connectivity index (χ0n) is 15.3. The third-order valence-electron chi connectivity index (χ3n) is 4.14. The van der Waals surface area contributed by atoms with Crippen molar-refractivity contribution >= 4 is 22.8 Å². The van der Waals surface area contributed by atoms with Gasteiger partial charge in [0.1, 0.15) is 17.5 Å². The van der Waals surface area contributed by atoms with Crippen molar-refractivity contribution in [2.45, 2.75) is 19.9 Å². The van der Waals surface area contributed by atoms with Crippen LogP contribution in [0.5, 0.6) is 0 Å². The number of hydrogen-bond acceptors (Lipinski definition) is 5. The van der Waals surface area contributed by atoms with Gasteiger partial charge in [0.05, 0.1) is 16.8 Å². The fourth-order valence-corrected chi connectivity index (χ4v) is 2.98. The molecule has 0 spiro atoms. The zero-order chi connectivity index (χ0) is 19.8. The van der Waals surface area contributed by atoms with Crippen molar-refractivity contribution in [1.29, 1.82) is 0 Å². The monoisotopic (exact) mass is 380 g/mol. The van der Waals surface area contributed by atoms with Crippen LogP contribution in [0.2, 0.25) is 0 Å². The van der Waals surface area contributed by atoms with Crippen LogP contribution in [0.4, 0.5) is 20.5 Å². The van der Waals surface area contributed by atoms with Crippen molar-refractivity contribution in [3.8, 4) is 16.9 Å². The number of nitrogens with one attached hydrogen (secondary N) is 1. The van der Waals surface area contributed by atoms with Crippen LogP contribution in [0.25, 0.3) is 28.0 Å². The van der Waals surface area contributed by atoms with Gasteiger partial charge in [0, 0.05) is 11.6 Å². The Morgan fingerprint density at radius 3 is 2.39 bits per heavy atom. The van der Waals surface area contributed by atoms with Gasteiger partial charge < -0.3 is 11.1 Å². The summed E-state index contributed by atoms with van der Waals surface area (Å²) in [5, 5.41) is 8.05. The van der Waals surface area contributed by atoms with Gasteiger partial charge in [0.25, 0.3) is 0 Å². The van der Waals surface area contributed by atoms with Crippen molar-refractivity contribution in [3.05, 3.63) is 60.2 Å². The first kappa shape index (κ1) is 17.8. The molecule has 6 nitrogen and oxygen atoms in total. The fraction of sp³-hybridized carbons (Fsp3) is 0.150. The molecule has 3 N–H and O–H groups in total. The molecule has 2 aromatic carbocycles. The molecule has 0 saturated heterocycles. The van der Waals surface area contributed by atoms with E-state index in [0.29, 0.717) is 33.9 Å². The number of nitrogen functional groups attached to an aromatic ring is 1. The predicted octanol–water partition coefficient (Wildman–Crippen LogP) is 4.16. The first-order valence-electron chi connectivity index (χ1n) is 8.77.